The van der Waals surface area contributed by atoms with Crippen LogP contribution in [0, 0.1) is 5.92 Å². The Balaban J connectivity index is 1.94. The lowest BCUT2D eigenvalue weighted by molar-refractivity contribution is 0.0600. The number of ether oxygens (including phenoxy) is 1. The number of Topliss-reactive ketones (excluding diaryl/α,β-unsaturated/α-hetero) is 1. The number of allylic oxidation sites excluding steroid dienone is 2. The summed E-state index contributed by atoms with van der Waals surface area (Å²) in [6.07, 6.45) is 7.21. The summed E-state index contributed by atoms with van der Waals surface area (Å²) in [6, 6.07) is 5.34. The molecule has 0 bridgehead atoms. The van der Waals surface area contributed by atoms with Gasteiger partial charge in [-0.2, -0.15) is 0 Å². The predicted molar refractivity (Wildman–Crippen MR) is 89.7 cm³/mol. The van der Waals surface area contributed by atoms with Crippen LogP contribution in [-0.2, 0) is 11.2 Å². The molecule has 1 aromatic rings. The first-order valence-corrected chi connectivity index (χ1v) is 8.57. The number of carbonyl (C=O) groups excluding carboxylic acids is 2. The van der Waals surface area contributed by atoms with Crippen molar-refractivity contribution >= 4 is 11.8 Å². The number of rotatable bonds is 1. The zero-order chi connectivity index (χ0) is 16.4. The van der Waals surface area contributed by atoms with E-state index in [9.17, 15) is 9.59 Å². The molecule has 0 radical (unpaired) electrons. The number of methoxy groups -OCH3 is 1. The summed E-state index contributed by atoms with van der Waals surface area (Å²) in [5.74, 6) is 0.609. The van der Waals surface area contributed by atoms with E-state index in [1.165, 1.54) is 25.5 Å². The van der Waals surface area contributed by atoms with Gasteiger partial charge in [0, 0.05) is 5.56 Å². The minimum Gasteiger partial charge on any atom is -0.465 e. The Kier molecular flexibility index (Phi) is 4.65. The lowest BCUT2D eigenvalue weighted by Crippen LogP contribution is -2.12. The molecule has 0 unspecified atom stereocenters. The summed E-state index contributed by atoms with van der Waals surface area (Å²) in [6.45, 7) is 2.29. The van der Waals surface area contributed by atoms with Gasteiger partial charge in [0.1, 0.15) is 0 Å². The normalized spacial score (nSPS) is 21.7. The monoisotopic (exact) mass is 312 g/mol. The van der Waals surface area contributed by atoms with Crippen LogP contribution in [0.25, 0.3) is 0 Å². The van der Waals surface area contributed by atoms with Gasteiger partial charge in [-0.3, -0.25) is 4.79 Å². The molecule has 0 saturated heterocycles. The number of hydrogen-bond donors (Lipinski definition) is 0. The number of hydrogen-bond acceptors (Lipinski definition) is 3. The smallest absolute Gasteiger partial charge is 0.337 e. The van der Waals surface area contributed by atoms with Crippen LogP contribution in [-0.4, -0.2) is 18.9 Å². The maximum Gasteiger partial charge on any atom is 0.337 e. The van der Waals surface area contributed by atoms with Crippen molar-refractivity contribution in [2.24, 2.45) is 5.92 Å². The zero-order valence-corrected chi connectivity index (χ0v) is 14.0. The second-order valence-corrected chi connectivity index (χ2v) is 6.81. The van der Waals surface area contributed by atoms with Crippen LogP contribution in [0.15, 0.2) is 29.3 Å². The van der Waals surface area contributed by atoms with Crippen LogP contribution in [0.1, 0.15) is 71.7 Å². The zero-order valence-electron chi connectivity index (χ0n) is 14.0. The van der Waals surface area contributed by atoms with Gasteiger partial charge < -0.3 is 4.74 Å². The SMILES string of the molecule is COC(=O)c1ccc2c(c1)CCCC(=C1CCC(C)CC1)C2=O. The Morgan fingerprint density at radius 2 is 1.87 bits per heavy atom. The number of benzene rings is 1. The molecule has 0 atom stereocenters. The lowest BCUT2D eigenvalue weighted by atomic mass is 9.82. The molecule has 2 aliphatic rings. The Morgan fingerprint density at radius 3 is 2.57 bits per heavy atom. The van der Waals surface area contributed by atoms with Crippen molar-refractivity contribution in [2.75, 3.05) is 7.11 Å². The van der Waals surface area contributed by atoms with Gasteiger partial charge in [-0.25, -0.2) is 4.79 Å². The fraction of sp³-hybridized carbons (Fsp3) is 0.500. The highest BCUT2D eigenvalue weighted by molar-refractivity contribution is 6.11. The molecule has 1 fully saturated rings. The Morgan fingerprint density at radius 1 is 1.13 bits per heavy atom. The van der Waals surface area contributed by atoms with Crippen molar-refractivity contribution in [1.82, 2.24) is 0 Å². The third kappa shape index (κ3) is 3.24. The molecule has 3 rings (SSSR count). The lowest BCUT2D eigenvalue weighted by Gasteiger charge is -2.23. The first-order valence-electron chi connectivity index (χ1n) is 8.57. The molecule has 0 spiro atoms. The van der Waals surface area contributed by atoms with Gasteiger partial charge in [0.05, 0.1) is 12.7 Å². The number of carbonyl (C=O) groups is 2. The molecule has 0 N–H and O–H groups in total. The van der Waals surface area contributed by atoms with Gasteiger partial charge in [-0.05, 0) is 80.2 Å². The highest BCUT2D eigenvalue weighted by atomic mass is 16.5. The van der Waals surface area contributed by atoms with Crippen LogP contribution in [0.2, 0.25) is 0 Å². The number of fused-ring (bicyclic) bond motifs is 1. The van der Waals surface area contributed by atoms with Gasteiger partial charge in [0.2, 0.25) is 0 Å². The molecule has 0 heterocycles. The molecule has 0 aliphatic heterocycles. The maximum atomic E-state index is 13.0. The minimum absolute atomic E-state index is 0.179. The third-order valence-corrected chi connectivity index (χ3v) is 5.22. The second-order valence-electron chi connectivity index (χ2n) is 6.81. The summed E-state index contributed by atoms with van der Waals surface area (Å²) in [5, 5.41) is 0. The van der Waals surface area contributed by atoms with Gasteiger partial charge >= 0.3 is 5.97 Å². The minimum atomic E-state index is -0.343. The molecular formula is C20H24O3. The van der Waals surface area contributed by atoms with E-state index in [-0.39, 0.29) is 11.8 Å². The van der Waals surface area contributed by atoms with Gasteiger partial charge in [-0.15, -0.1) is 0 Å². The first kappa shape index (κ1) is 16.0. The maximum absolute atomic E-state index is 13.0. The van der Waals surface area contributed by atoms with E-state index >= 15 is 0 Å². The first-order chi connectivity index (χ1) is 11.1. The van der Waals surface area contributed by atoms with Crippen LogP contribution < -0.4 is 0 Å². The fourth-order valence-corrected chi connectivity index (χ4v) is 3.75. The Labute approximate surface area is 137 Å². The molecule has 1 aromatic carbocycles. The largest absolute Gasteiger partial charge is 0.465 e. The number of ketones is 1. The molecule has 23 heavy (non-hydrogen) atoms. The highest BCUT2D eigenvalue weighted by Crippen LogP contribution is 2.35. The average Bonchev–Trinajstić information content (AvgIpc) is 2.74. The van der Waals surface area contributed by atoms with E-state index in [2.05, 4.69) is 6.92 Å². The molecule has 3 nitrogen and oxygen atoms in total. The Bertz CT molecular complexity index is 659. The van der Waals surface area contributed by atoms with Crippen molar-refractivity contribution in [3.8, 4) is 0 Å². The summed E-state index contributed by atoms with van der Waals surface area (Å²) < 4.78 is 4.78. The van der Waals surface area contributed by atoms with E-state index in [1.807, 2.05) is 6.07 Å². The molecule has 0 aromatic heterocycles. The third-order valence-electron chi connectivity index (χ3n) is 5.22. The van der Waals surface area contributed by atoms with Crippen molar-refractivity contribution in [1.29, 1.82) is 0 Å². The van der Waals surface area contributed by atoms with Crippen molar-refractivity contribution < 1.29 is 14.3 Å². The van der Waals surface area contributed by atoms with E-state index < -0.39 is 0 Å². The standard InChI is InChI=1S/C20H24O3/c1-13-6-8-14(9-7-13)17-5-3-4-15-12-16(20(22)23-2)10-11-18(15)19(17)21/h10-13H,3-9H2,1-2H3. The topological polar surface area (TPSA) is 43.4 Å². The summed E-state index contributed by atoms with van der Waals surface area (Å²) >= 11 is 0. The molecular weight excluding hydrogens is 288 g/mol. The number of esters is 1. The Hall–Kier alpha value is -1.90. The second kappa shape index (κ2) is 6.69. The number of aryl methyl sites for hydroxylation is 1. The van der Waals surface area contributed by atoms with Crippen LogP contribution in [0.4, 0.5) is 0 Å². The summed E-state index contributed by atoms with van der Waals surface area (Å²) in [4.78, 5) is 24.7. The van der Waals surface area contributed by atoms with E-state index in [0.717, 1.165) is 54.7 Å². The van der Waals surface area contributed by atoms with Gasteiger partial charge in [-0.1, -0.05) is 12.5 Å². The van der Waals surface area contributed by atoms with Crippen LogP contribution >= 0.6 is 0 Å². The quantitative estimate of drug-likeness (QED) is 0.436. The molecule has 2 aliphatic carbocycles. The van der Waals surface area contributed by atoms with E-state index in [1.54, 1.807) is 12.1 Å². The average molecular weight is 312 g/mol. The van der Waals surface area contributed by atoms with Crippen molar-refractivity contribution in [3.05, 3.63) is 46.0 Å². The van der Waals surface area contributed by atoms with Crippen molar-refractivity contribution in [2.45, 2.75) is 51.9 Å². The van der Waals surface area contributed by atoms with Crippen LogP contribution in [0.3, 0.4) is 0 Å². The molecule has 1 saturated carbocycles. The fourth-order valence-electron chi connectivity index (χ4n) is 3.75. The predicted octanol–water partition coefficient (Wildman–Crippen LogP) is 4.50. The van der Waals surface area contributed by atoms with Gasteiger partial charge in [0.15, 0.2) is 5.78 Å². The van der Waals surface area contributed by atoms with Crippen molar-refractivity contribution in [3.63, 3.8) is 0 Å². The van der Waals surface area contributed by atoms with E-state index in [4.69, 9.17) is 4.74 Å². The summed E-state index contributed by atoms with van der Waals surface area (Å²) in [7, 11) is 1.38. The van der Waals surface area contributed by atoms with Gasteiger partial charge in [0.25, 0.3) is 0 Å². The molecule has 3 heteroatoms. The highest BCUT2D eigenvalue weighted by Gasteiger charge is 2.25. The molecule has 122 valence electrons. The summed E-state index contributed by atoms with van der Waals surface area (Å²) in [5.41, 5.74) is 4.70. The van der Waals surface area contributed by atoms with Crippen LogP contribution in [0.5, 0.6) is 0 Å². The van der Waals surface area contributed by atoms with E-state index in [0.29, 0.717) is 5.56 Å². The molecule has 0 amide bonds.